The predicted molar refractivity (Wildman–Crippen MR) is 141 cm³/mol. The average Bonchev–Trinajstić information content (AvgIpc) is 3.46. The van der Waals surface area contributed by atoms with E-state index in [1.807, 2.05) is 50.2 Å². The van der Waals surface area contributed by atoms with Crippen LogP contribution in [0, 0.1) is 13.8 Å². The van der Waals surface area contributed by atoms with Crippen molar-refractivity contribution in [2.75, 3.05) is 5.32 Å². The molecule has 2 aromatic heterocycles. The minimum Gasteiger partial charge on any atom is -0.457 e. The molecule has 35 heavy (non-hydrogen) atoms. The molecule has 1 amide bonds. The molecule has 5 nitrogen and oxygen atoms in total. The lowest BCUT2D eigenvalue weighted by Gasteiger charge is -2.07. The number of oxazole rings is 1. The monoisotopic (exact) mass is 502 g/mol. The molecule has 0 aliphatic heterocycles. The van der Waals surface area contributed by atoms with Gasteiger partial charge in [-0.15, -0.1) is 0 Å². The Morgan fingerprint density at radius 3 is 2.63 bits per heavy atom. The van der Waals surface area contributed by atoms with Gasteiger partial charge in [0.15, 0.2) is 5.58 Å². The highest BCUT2D eigenvalue weighted by molar-refractivity contribution is 6.36. The molecule has 2 heterocycles. The van der Waals surface area contributed by atoms with Crippen molar-refractivity contribution in [2.24, 2.45) is 0 Å². The number of nitrogens with zero attached hydrogens (tertiary/aromatic N) is 1. The van der Waals surface area contributed by atoms with Crippen molar-refractivity contribution in [3.8, 4) is 22.8 Å². The number of carbonyl (C=O) groups excluding carboxylic acids is 1. The smallest absolute Gasteiger partial charge is 0.248 e. The molecule has 0 atom stereocenters. The lowest BCUT2D eigenvalue weighted by molar-refractivity contribution is -0.111. The average molecular weight is 503 g/mol. The minimum atomic E-state index is -0.291. The van der Waals surface area contributed by atoms with Crippen molar-refractivity contribution in [1.29, 1.82) is 0 Å². The summed E-state index contributed by atoms with van der Waals surface area (Å²) in [4.78, 5) is 17.2. The molecule has 3 aromatic carbocycles. The van der Waals surface area contributed by atoms with Crippen molar-refractivity contribution in [3.05, 3.63) is 99.7 Å². The Kier molecular flexibility index (Phi) is 6.20. The zero-order chi connectivity index (χ0) is 24.5. The van der Waals surface area contributed by atoms with Gasteiger partial charge in [-0.1, -0.05) is 35.3 Å². The molecule has 0 fully saturated rings. The van der Waals surface area contributed by atoms with Gasteiger partial charge in [0.25, 0.3) is 0 Å². The second-order valence-corrected chi connectivity index (χ2v) is 9.01. The highest BCUT2D eigenvalue weighted by Gasteiger charge is 2.12. The zero-order valence-electron chi connectivity index (χ0n) is 18.9. The number of rotatable bonds is 5. The van der Waals surface area contributed by atoms with E-state index in [-0.39, 0.29) is 5.91 Å². The molecule has 174 valence electrons. The van der Waals surface area contributed by atoms with Crippen LogP contribution >= 0.6 is 23.2 Å². The normalized spacial score (nSPS) is 11.4. The third-order valence-electron chi connectivity index (χ3n) is 5.51. The maximum atomic E-state index is 12.6. The van der Waals surface area contributed by atoms with E-state index in [0.717, 1.165) is 33.4 Å². The van der Waals surface area contributed by atoms with Crippen LogP contribution in [0.25, 0.3) is 40.0 Å². The second kappa shape index (κ2) is 9.45. The number of anilines is 1. The van der Waals surface area contributed by atoms with Gasteiger partial charge in [-0.05, 0) is 85.6 Å². The predicted octanol–water partition coefficient (Wildman–Crippen LogP) is 8.33. The van der Waals surface area contributed by atoms with Crippen molar-refractivity contribution in [2.45, 2.75) is 13.8 Å². The van der Waals surface area contributed by atoms with E-state index in [1.54, 1.807) is 36.4 Å². The third-order valence-corrected chi connectivity index (χ3v) is 6.06. The molecule has 0 saturated carbocycles. The van der Waals surface area contributed by atoms with Crippen molar-refractivity contribution in [1.82, 2.24) is 4.98 Å². The largest absolute Gasteiger partial charge is 0.457 e. The number of aryl methyl sites for hydroxylation is 2. The Morgan fingerprint density at radius 1 is 0.943 bits per heavy atom. The van der Waals surface area contributed by atoms with Crippen molar-refractivity contribution < 1.29 is 13.6 Å². The summed E-state index contributed by atoms with van der Waals surface area (Å²) < 4.78 is 11.7. The van der Waals surface area contributed by atoms with Gasteiger partial charge in [-0.25, -0.2) is 4.98 Å². The van der Waals surface area contributed by atoms with Crippen LogP contribution in [-0.2, 0) is 4.79 Å². The number of hydrogen-bond donors (Lipinski definition) is 1. The zero-order valence-corrected chi connectivity index (χ0v) is 20.4. The van der Waals surface area contributed by atoms with E-state index in [4.69, 9.17) is 32.0 Å². The molecule has 0 saturated heterocycles. The number of nitrogens with one attached hydrogen (secondary N) is 1. The van der Waals surface area contributed by atoms with Gasteiger partial charge in [0.2, 0.25) is 11.8 Å². The summed E-state index contributed by atoms with van der Waals surface area (Å²) >= 11 is 12.2. The summed E-state index contributed by atoms with van der Waals surface area (Å²) in [6.07, 6.45) is 3.02. The first-order valence-electron chi connectivity index (χ1n) is 10.9. The summed E-state index contributed by atoms with van der Waals surface area (Å²) in [5.41, 5.74) is 5.71. The van der Waals surface area contributed by atoms with Gasteiger partial charge < -0.3 is 14.2 Å². The number of halogens is 2. The van der Waals surface area contributed by atoms with Gasteiger partial charge >= 0.3 is 0 Å². The van der Waals surface area contributed by atoms with Crippen LogP contribution in [-0.4, -0.2) is 10.9 Å². The summed E-state index contributed by atoms with van der Waals surface area (Å²) in [6, 6.07) is 20.3. The first-order chi connectivity index (χ1) is 16.9. The number of benzene rings is 3. The fourth-order valence-corrected chi connectivity index (χ4v) is 4.16. The molecule has 0 spiro atoms. The Morgan fingerprint density at radius 2 is 1.80 bits per heavy atom. The van der Waals surface area contributed by atoms with Crippen molar-refractivity contribution in [3.63, 3.8) is 0 Å². The number of furan rings is 1. The lowest BCUT2D eigenvalue weighted by Crippen LogP contribution is -2.09. The molecule has 0 radical (unpaired) electrons. The van der Waals surface area contributed by atoms with Crippen LogP contribution in [0.5, 0.6) is 0 Å². The van der Waals surface area contributed by atoms with Crippen LogP contribution in [0.2, 0.25) is 10.0 Å². The molecule has 5 rings (SSSR count). The number of aromatic nitrogens is 1. The fraction of sp³-hybridized carbons (Fsp3) is 0.0714. The highest BCUT2D eigenvalue weighted by atomic mass is 35.5. The Bertz CT molecular complexity index is 1600. The molecule has 0 aliphatic carbocycles. The van der Waals surface area contributed by atoms with E-state index >= 15 is 0 Å². The SMILES string of the molecule is Cc1ccc2nc(-c3ccc(C)c(NC(=O)/C=C/c4ccc(-c5ccc(Cl)cc5Cl)o4)c3)oc2c1. The molecule has 7 heteroatoms. The van der Waals surface area contributed by atoms with Crippen LogP contribution in [0.1, 0.15) is 16.9 Å². The highest BCUT2D eigenvalue weighted by Crippen LogP contribution is 2.32. The number of carbonyl (C=O) groups is 1. The number of hydrogen-bond acceptors (Lipinski definition) is 4. The second-order valence-electron chi connectivity index (χ2n) is 8.17. The van der Waals surface area contributed by atoms with Gasteiger partial charge in [-0.2, -0.15) is 0 Å². The third kappa shape index (κ3) is 5.02. The van der Waals surface area contributed by atoms with E-state index in [2.05, 4.69) is 10.3 Å². The Balaban J connectivity index is 1.32. The quantitative estimate of drug-likeness (QED) is 0.245. The van der Waals surface area contributed by atoms with E-state index in [1.165, 1.54) is 6.08 Å². The Labute approximate surface area is 212 Å². The van der Waals surface area contributed by atoms with Gasteiger partial charge in [0.05, 0.1) is 5.02 Å². The molecule has 0 aliphatic rings. The standard InChI is InChI=1S/C28H20Cl2N2O3/c1-16-3-10-23-26(13-16)35-28(32-23)18-5-4-17(2)24(14-18)31-27(33)12-8-20-7-11-25(34-20)21-9-6-19(29)15-22(21)30/h3-15H,1-2H3,(H,31,33)/b12-8+. The topological polar surface area (TPSA) is 68.3 Å². The number of amides is 1. The minimum absolute atomic E-state index is 0.291. The van der Waals surface area contributed by atoms with Crippen LogP contribution in [0.15, 0.2) is 81.6 Å². The molecule has 0 bridgehead atoms. The van der Waals surface area contributed by atoms with E-state index in [0.29, 0.717) is 33.1 Å². The summed E-state index contributed by atoms with van der Waals surface area (Å²) in [5, 5.41) is 3.95. The van der Waals surface area contributed by atoms with Crippen molar-refractivity contribution >= 4 is 52.0 Å². The first kappa shape index (κ1) is 23.0. The van der Waals surface area contributed by atoms with Crippen LogP contribution in [0.3, 0.4) is 0 Å². The van der Waals surface area contributed by atoms with Crippen LogP contribution in [0.4, 0.5) is 5.69 Å². The lowest BCUT2D eigenvalue weighted by atomic mass is 10.1. The molecular formula is C28H20Cl2N2O3. The summed E-state index contributed by atoms with van der Waals surface area (Å²) in [5.74, 6) is 1.32. The maximum absolute atomic E-state index is 12.6. The van der Waals surface area contributed by atoms with Gasteiger partial charge in [0.1, 0.15) is 17.0 Å². The summed E-state index contributed by atoms with van der Waals surface area (Å²) in [6.45, 7) is 3.93. The molecule has 0 unspecified atom stereocenters. The first-order valence-corrected chi connectivity index (χ1v) is 11.6. The van der Waals surface area contributed by atoms with Gasteiger partial charge in [0, 0.05) is 27.9 Å². The molecule has 1 N–H and O–H groups in total. The number of fused-ring (bicyclic) bond motifs is 1. The van der Waals surface area contributed by atoms with E-state index in [9.17, 15) is 4.79 Å². The molecule has 5 aromatic rings. The van der Waals surface area contributed by atoms with Crippen LogP contribution < -0.4 is 5.32 Å². The molecular weight excluding hydrogens is 483 g/mol. The Hall–Kier alpha value is -3.80. The fourth-order valence-electron chi connectivity index (χ4n) is 3.65. The van der Waals surface area contributed by atoms with Gasteiger partial charge in [-0.3, -0.25) is 4.79 Å². The summed E-state index contributed by atoms with van der Waals surface area (Å²) in [7, 11) is 0. The van der Waals surface area contributed by atoms with E-state index < -0.39 is 0 Å². The maximum Gasteiger partial charge on any atom is 0.248 e.